The summed E-state index contributed by atoms with van der Waals surface area (Å²) < 4.78 is 36.9. The largest absolute Gasteiger partial charge is 0.539 e. The number of nitrogens with zero attached hydrogens (tertiary/aromatic N) is 1. The first-order chi connectivity index (χ1) is 16.8. The van der Waals surface area contributed by atoms with Gasteiger partial charge >= 0.3 is 0 Å². The summed E-state index contributed by atoms with van der Waals surface area (Å²) in [4.78, 5) is 2.07. The van der Waals surface area contributed by atoms with Crippen LogP contribution in [0.2, 0.25) is 16.6 Å². The average Bonchev–Trinajstić information content (AvgIpc) is 2.83. The summed E-state index contributed by atoms with van der Waals surface area (Å²) in [6.45, 7) is 15.4. The molecule has 0 amide bonds. The normalized spacial score (nSPS) is 18.6. The van der Waals surface area contributed by atoms with Crippen molar-refractivity contribution < 1.29 is 23.4 Å². The minimum atomic E-state index is -2.54. The highest BCUT2D eigenvalue weighted by Gasteiger charge is 2.48. The molecule has 1 saturated heterocycles. The molecule has 36 heavy (non-hydrogen) atoms. The van der Waals surface area contributed by atoms with Crippen molar-refractivity contribution in [2.45, 2.75) is 95.7 Å². The topological polar surface area (TPSA) is 52.9 Å². The van der Waals surface area contributed by atoms with Gasteiger partial charge in [0.1, 0.15) is 0 Å². The zero-order valence-corrected chi connectivity index (χ0v) is 23.8. The Balaban J connectivity index is 1.77. The second-order valence-electron chi connectivity index (χ2n) is 11.4. The second-order valence-corrected chi connectivity index (χ2v) is 16.7. The first-order valence-electron chi connectivity index (χ1n) is 13.2. The maximum Gasteiger partial charge on any atom is 0.259 e. The van der Waals surface area contributed by atoms with Crippen LogP contribution < -0.4 is 4.43 Å². The first-order valence-corrected chi connectivity index (χ1v) is 15.4. The Labute approximate surface area is 216 Å². The van der Waals surface area contributed by atoms with Gasteiger partial charge in [-0.05, 0) is 59.6 Å². The zero-order valence-electron chi connectivity index (χ0n) is 22.8. The van der Waals surface area contributed by atoms with E-state index in [1.54, 1.807) is 0 Å². The van der Waals surface area contributed by atoms with Gasteiger partial charge in [0.15, 0.2) is 17.4 Å². The SMILES string of the molecule is CC(C(O)c1cc(F)c(O[Si](C(C)C)(C(C)C)C(C)C)c(F)c1)N1CCC(O)(c2ccccc2)CC1. The fourth-order valence-electron chi connectivity index (χ4n) is 6.19. The highest BCUT2D eigenvalue weighted by Crippen LogP contribution is 2.44. The van der Waals surface area contributed by atoms with Gasteiger partial charge in [-0.25, -0.2) is 8.78 Å². The molecule has 4 nitrogen and oxygen atoms in total. The Bertz CT molecular complexity index is 962. The number of halogens is 2. The van der Waals surface area contributed by atoms with Crippen LogP contribution in [0.3, 0.4) is 0 Å². The lowest BCUT2D eigenvalue weighted by atomic mass is 9.83. The quantitative estimate of drug-likeness (QED) is 0.353. The molecule has 2 aromatic rings. The third kappa shape index (κ3) is 5.54. The van der Waals surface area contributed by atoms with Gasteiger partial charge in [0.2, 0.25) is 0 Å². The fourth-order valence-corrected chi connectivity index (χ4v) is 11.5. The van der Waals surface area contributed by atoms with E-state index in [1.807, 2.05) is 37.3 Å². The molecule has 1 fully saturated rings. The summed E-state index contributed by atoms with van der Waals surface area (Å²) in [6.07, 6.45) is -0.0283. The Hall–Kier alpha value is -1.80. The first kappa shape index (κ1) is 28.8. The second kappa shape index (κ2) is 11.3. The standard InChI is InChI=1S/C29H43F2NO3Si/c1-19(2)36(20(3)4,21(5)6)35-28-25(30)17-23(18-26(28)31)27(33)22(7)32-15-13-29(34,14-16-32)24-11-9-8-10-12-24/h8-12,17-22,27,33-34H,13-16H2,1-7H3. The highest BCUT2D eigenvalue weighted by atomic mass is 28.4. The van der Waals surface area contributed by atoms with Crippen molar-refractivity contribution >= 4 is 8.32 Å². The van der Waals surface area contributed by atoms with E-state index in [0.717, 1.165) is 5.56 Å². The van der Waals surface area contributed by atoms with Crippen LogP contribution in [0.25, 0.3) is 0 Å². The summed E-state index contributed by atoms with van der Waals surface area (Å²) in [5.41, 5.74) is 0.709. The zero-order chi connectivity index (χ0) is 26.8. The Kier molecular flexibility index (Phi) is 9.02. The average molecular weight is 520 g/mol. The lowest BCUT2D eigenvalue weighted by Crippen LogP contribution is -2.51. The summed E-state index contributed by atoms with van der Waals surface area (Å²) in [5.74, 6) is -1.87. The van der Waals surface area contributed by atoms with E-state index in [1.165, 1.54) is 12.1 Å². The number of aliphatic hydroxyl groups excluding tert-OH is 1. The van der Waals surface area contributed by atoms with Gasteiger partial charge in [-0.15, -0.1) is 0 Å². The van der Waals surface area contributed by atoms with Crippen molar-refractivity contribution in [1.82, 2.24) is 4.90 Å². The van der Waals surface area contributed by atoms with Crippen molar-refractivity contribution in [2.75, 3.05) is 13.1 Å². The molecule has 1 heterocycles. The van der Waals surface area contributed by atoms with Gasteiger partial charge in [-0.1, -0.05) is 71.9 Å². The molecule has 2 N–H and O–H groups in total. The number of likely N-dealkylation sites (tertiary alicyclic amines) is 1. The predicted octanol–water partition coefficient (Wildman–Crippen LogP) is 6.92. The van der Waals surface area contributed by atoms with Gasteiger partial charge in [0.05, 0.1) is 11.7 Å². The molecule has 3 rings (SSSR count). The molecule has 0 bridgehead atoms. The number of hydrogen-bond acceptors (Lipinski definition) is 4. The molecule has 0 saturated carbocycles. The van der Waals surface area contributed by atoms with Crippen molar-refractivity contribution in [3.8, 4) is 5.75 Å². The third-order valence-electron chi connectivity index (χ3n) is 8.32. The molecule has 2 atom stereocenters. The molecule has 0 radical (unpaired) electrons. The number of rotatable bonds is 9. The Morgan fingerprint density at radius 2 is 1.33 bits per heavy atom. The third-order valence-corrected chi connectivity index (χ3v) is 14.3. The van der Waals surface area contributed by atoms with Gasteiger partial charge in [0, 0.05) is 19.1 Å². The Morgan fingerprint density at radius 3 is 1.78 bits per heavy atom. The molecule has 1 aliphatic heterocycles. The van der Waals surface area contributed by atoms with Crippen LogP contribution in [-0.2, 0) is 5.60 Å². The summed E-state index contributed by atoms with van der Waals surface area (Å²) >= 11 is 0. The molecule has 2 aromatic carbocycles. The minimum absolute atomic E-state index is 0.176. The smallest absolute Gasteiger partial charge is 0.259 e. The van der Waals surface area contributed by atoms with E-state index in [0.29, 0.717) is 25.9 Å². The van der Waals surface area contributed by atoms with Crippen molar-refractivity contribution in [2.24, 2.45) is 0 Å². The van der Waals surface area contributed by atoms with E-state index in [-0.39, 0.29) is 34.0 Å². The number of piperidine rings is 1. The number of benzene rings is 2. The van der Waals surface area contributed by atoms with Gasteiger partial charge < -0.3 is 14.6 Å². The number of aliphatic hydroxyl groups is 2. The molecule has 0 aliphatic carbocycles. The molecule has 2 unspecified atom stereocenters. The lowest BCUT2D eigenvalue weighted by molar-refractivity contribution is -0.0502. The van der Waals surface area contributed by atoms with Gasteiger partial charge in [-0.2, -0.15) is 0 Å². The maximum absolute atomic E-state index is 15.3. The molecule has 200 valence electrons. The van der Waals surface area contributed by atoms with Gasteiger partial charge in [0.25, 0.3) is 8.32 Å². The van der Waals surface area contributed by atoms with Crippen LogP contribution in [0.5, 0.6) is 5.75 Å². The fraction of sp³-hybridized carbons (Fsp3) is 0.586. The van der Waals surface area contributed by atoms with Crippen molar-refractivity contribution in [3.05, 3.63) is 65.2 Å². The lowest BCUT2D eigenvalue weighted by Gasteiger charge is -2.43. The molecule has 0 spiro atoms. The summed E-state index contributed by atoms with van der Waals surface area (Å²) in [5, 5.41) is 22.2. The minimum Gasteiger partial charge on any atom is -0.539 e. The van der Waals surface area contributed by atoms with E-state index in [4.69, 9.17) is 4.43 Å². The van der Waals surface area contributed by atoms with E-state index < -0.39 is 31.7 Å². The van der Waals surface area contributed by atoms with Crippen LogP contribution in [0, 0.1) is 11.6 Å². The molecule has 0 aromatic heterocycles. The maximum atomic E-state index is 15.3. The van der Waals surface area contributed by atoms with Crippen molar-refractivity contribution in [3.63, 3.8) is 0 Å². The van der Waals surface area contributed by atoms with Crippen molar-refractivity contribution in [1.29, 1.82) is 0 Å². The van der Waals surface area contributed by atoms with Crippen LogP contribution >= 0.6 is 0 Å². The molecular weight excluding hydrogens is 476 g/mol. The highest BCUT2D eigenvalue weighted by molar-refractivity contribution is 6.78. The predicted molar refractivity (Wildman–Crippen MR) is 144 cm³/mol. The van der Waals surface area contributed by atoms with E-state index in [2.05, 4.69) is 46.4 Å². The molecule has 7 heteroatoms. The van der Waals surface area contributed by atoms with Crippen LogP contribution in [0.1, 0.15) is 78.5 Å². The van der Waals surface area contributed by atoms with Crippen LogP contribution in [-0.4, -0.2) is 42.6 Å². The Morgan fingerprint density at radius 1 is 0.861 bits per heavy atom. The molecule has 1 aliphatic rings. The number of hydrogen-bond donors (Lipinski definition) is 2. The molecular formula is C29H43F2NO3Si. The van der Waals surface area contributed by atoms with E-state index in [9.17, 15) is 10.2 Å². The van der Waals surface area contributed by atoms with Gasteiger partial charge in [-0.3, -0.25) is 4.90 Å². The summed E-state index contributed by atoms with van der Waals surface area (Å²) in [7, 11) is -2.54. The van der Waals surface area contributed by atoms with E-state index >= 15 is 8.78 Å². The monoisotopic (exact) mass is 519 g/mol. The van der Waals surface area contributed by atoms with Crippen LogP contribution in [0.15, 0.2) is 42.5 Å². The summed E-state index contributed by atoms with van der Waals surface area (Å²) in [6, 6.07) is 11.7. The van der Waals surface area contributed by atoms with Crippen LogP contribution in [0.4, 0.5) is 8.78 Å².